The Bertz CT molecular complexity index is 772. The standard InChI is InChI=1S/C15H11BrN4O2/c16-10-3-1-9(2-4-10)11-13(7-17)12(19)20-15(14(11,13)8-18)21-5-6-22-15/h1-4,11H,5-6H2,(H2,19,20)/t11-,13+,14+/m0/s1. The van der Waals surface area contributed by atoms with Crippen LogP contribution in [-0.4, -0.2) is 25.0 Å². The van der Waals surface area contributed by atoms with Crippen LogP contribution < -0.4 is 5.73 Å². The van der Waals surface area contributed by atoms with Crippen LogP contribution in [0.25, 0.3) is 0 Å². The van der Waals surface area contributed by atoms with Crippen LogP contribution in [0, 0.1) is 33.5 Å². The van der Waals surface area contributed by atoms with E-state index in [4.69, 9.17) is 15.2 Å². The molecule has 6 nitrogen and oxygen atoms in total. The summed E-state index contributed by atoms with van der Waals surface area (Å²) < 4.78 is 12.2. The van der Waals surface area contributed by atoms with Gasteiger partial charge in [-0.3, -0.25) is 0 Å². The van der Waals surface area contributed by atoms with E-state index >= 15 is 0 Å². The summed E-state index contributed by atoms with van der Waals surface area (Å²) in [6, 6.07) is 12.0. The van der Waals surface area contributed by atoms with Crippen molar-refractivity contribution >= 4 is 21.8 Å². The molecule has 2 heterocycles. The number of aliphatic imine (C=N–C) groups is 1. The van der Waals surface area contributed by atoms with Gasteiger partial charge < -0.3 is 15.2 Å². The van der Waals surface area contributed by atoms with Gasteiger partial charge in [0, 0.05) is 10.4 Å². The first-order valence-electron chi connectivity index (χ1n) is 6.80. The average molecular weight is 359 g/mol. The molecule has 3 atom stereocenters. The van der Waals surface area contributed by atoms with E-state index in [0.717, 1.165) is 10.0 Å². The Morgan fingerprint density at radius 2 is 1.82 bits per heavy atom. The van der Waals surface area contributed by atoms with Crippen LogP contribution in [0.5, 0.6) is 0 Å². The Balaban J connectivity index is 1.92. The lowest BCUT2D eigenvalue weighted by Crippen LogP contribution is -2.38. The molecular formula is C15H11BrN4O2. The molecule has 4 rings (SSSR count). The number of rotatable bonds is 1. The molecule has 1 aromatic rings. The highest BCUT2D eigenvalue weighted by molar-refractivity contribution is 9.10. The second kappa shape index (κ2) is 4.08. The van der Waals surface area contributed by atoms with E-state index < -0.39 is 22.7 Å². The monoisotopic (exact) mass is 358 g/mol. The third-order valence-corrected chi connectivity index (χ3v) is 5.34. The van der Waals surface area contributed by atoms with E-state index in [9.17, 15) is 10.5 Å². The molecule has 0 bridgehead atoms. The molecule has 0 amide bonds. The van der Waals surface area contributed by atoms with Gasteiger partial charge in [0.05, 0.1) is 25.4 Å². The third kappa shape index (κ3) is 1.21. The molecule has 2 aliphatic heterocycles. The smallest absolute Gasteiger partial charge is 0.293 e. The van der Waals surface area contributed by atoms with Crippen LogP contribution in [0.1, 0.15) is 11.5 Å². The van der Waals surface area contributed by atoms with Gasteiger partial charge in [0.15, 0.2) is 5.41 Å². The fourth-order valence-corrected chi connectivity index (χ4v) is 4.14. The molecule has 1 saturated heterocycles. The normalized spacial score (nSPS) is 37.2. The number of nitrogens with two attached hydrogens (primary N) is 1. The summed E-state index contributed by atoms with van der Waals surface area (Å²) >= 11 is 3.38. The molecule has 3 aliphatic rings. The maximum absolute atomic E-state index is 9.89. The minimum absolute atomic E-state index is 0.117. The molecule has 2 fully saturated rings. The maximum Gasteiger partial charge on any atom is 0.293 e. The highest BCUT2D eigenvalue weighted by atomic mass is 79.9. The second-order valence-electron chi connectivity index (χ2n) is 5.60. The fourth-order valence-electron chi connectivity index (χ4n) is 3.87. The molecule has 2 N–H and O–H groups in total. The highest BCUT2D eigenvalue weighted by Crippen LogP contribution is 2.82. The summed E-state index contributed by atoms with van der Waals surface area (Å²) in [6.07, 6.45) is 0. The van der Waals surface area contributed by atoms with Crippen molar-refractivity contribution < 1.29 is 9.47 Å². The van der Waals surface area contributed by atoms with E-state index in [1.54, 1.807) is 0 Å². The number of ether oxygens (including phenoxy) is 2. The minimum atomic E-state index is -1.46. The maximum atomic E-state index is 9.89. The van der Waals surface area contributed by atoms with E-state index in [2.05, 4.69) is 33.1 Å². The topological polar surface area (TPSA) is 104 Å². The molecule has 1 spiro atoms. The van der Waals surface area contributed by atoms with Crippen molar-refractivity contribution in [2.24, 2.45) is 21.6 Å². The van der Waals surface area contributed by atoms with Gasteiger partial charge in [0.1, 0.15) is 11.3 Å². The lowest BCUT2D eigenvalue weighted by molar-refractivity contribution is -0.184. The van der Waals surface area contributed by atoms with Gasteiger partial charge in [-0.15, -0.1) is 0 Å². The van der Waals surface area contributed by atoms with Gasteiger partial charge in [0.25, 0.3) is 5.91 Å². The Labute approximate surface area is 135 Å². The Morgan fingerprint density at radius 1 is 1.18 bits per heavy atom. The summed E-state index contributed by atoms with van der Waals surface area (Å²) in [5, 5.41) is 19.7. The first-order chi connectivity index (χ1) is 10.6. The third-order valence-electron chi connectivity index (χ3n) is 4.81. The van der Waals surface area contributed by atoms with Crippen LogP contribution in [0.3, 0.4) is 0 Å². The molecule has 1 saturated carbocycles. The van der Waals surface area contributed by atoms with Crippen LogP contribution in [0.2, 0.25) is 0 Å². The number of hydrogen-bond donors (Lipinski definition) is 1. The summed E-state index contributed by atoms with van der Waals surface area (Å²) in [4.78, 5) is 4.23. The van der Waals surface area contributed by atoms with Crippen molar-refractivity contribution in [3.05, 3.63) is 34.3 Å². The zero-order chi connectivity index (χ0) is 15.6. The molecule has 0 unspecified atom stereocenters. The lowest BCUT2D eigenvalue weighted by atomic mass is 9.94. The molecule has 7 heteroatoms. The van der Waals surface area contributed by atoms with Crippen molar-refractivity contribution in [3.63, 3.8) is 0 Å². The van der Waals surface area contributed by atoms with Crippen molar-refractivity contribution in [1.82, 2.24) is 0 Å². The van der Waals surface area contributed by atoms with Gasteiger partial charge >= 0.3 is 0 Å². The largest absolute Gasteiger partial charge is 0.386 e. The van der Waals surface area contributed by atoms with E-state index in [1.807, 2.05) is 24.3 Å². The molecule has 22 heavy (non-hydrogen) atoms. The minimum Gasteiger partial charge on any atom is -0.386 e. The van der Waals surface area contributed by atoms with E-state index in [0.29, 0.717) is 13.2 Å². The van der Waals surface area contributed by atoms with Crippen LogP contribution in [0.15, 0.2) is 33.7 Å². The molecule has 1 aliphatic carbocycles. The number of fused-ring (bicyclic) bond motifs is 2. The van der Waals surface area contributed by atoms with E-state index in [1.165, 1.54) is 0 Å². The summed E-state index contributed by atoms with van der Waals surface area (Å²) in [7, 11) is 0. The van der Waals surface area contributed by atoms with Crippen molar-refractivity contribution in [2.75, 3.05) is 13.2 Å². The van der Waals surface area contributed by atoms with Gasteiger partial charge in [-0.1, -0.05) is 28.1 Å². The zero-order valence-corrected chi connectivity index (χ0v) is 13.0. The highest BCUT2D eigenvalue weighted by Gasteiger charge is 2.94. The lowest BCUT2D eigenvalue weighted by Gasteiger charge is -2.25. The fraction of sp³-hybridized carbons (Fsp3) is 0.400. The predicted octanol–water partition coefficient (Wildman–Crippen LogP) is 1.64. The number of amidine groups is 1. The summed E-state index contributed by atoms with van der Waals surface area (Å²) in [5.74, 6) is -1.76. The molecular weight excluding hydrogens is 348 g/mol. The zero-order valence-electron chi connectivity index (χ0n) is 11.4. The Morgan fingerprint density at radius 3 is 2.36 bits per heavy atom. The molecule has 1 aromatic carbocycles. The van der Waals surface area contributed by atoms with Gasteiger partial charge in [-0.05, 0) is 17.7 Å². The predicted molar refractivity (Wildman–Crippen MR) is 79.2 cm³/mol. The summed E-state index contributed by atoms with van der Waals surface area (Å²) in [6.45, 7) is 0.656. The quantitative estimate of drug-likeness (QED) is 0.821. The first-order valence-corrected chi connectivity index (χ1v) is 7.59. The number of benzene rings is 1. The van der Waals surface area contributed by atoms with E-state index in [-0.39, 0.29) is 5.84 Å². The second-order valence-corrected chi connectivity index (χ2v) is 6.52. The van der Waals surface area contributed by atoms with Crippen molar-refractivity contribution in [1.29, 1.82) is 10.5 Å². The summed E-state index contributed by atoms with van der Waals surface area (Å²) in [5.41, 5.74) is 4.47. The van der Waals surface area contributed by atoms with Crippen LogP contribution in [0.4, 0.5) is 0 Å². The Kier molecular flexibility index (Phi) is 2.54. The van der Waals surface area contributed by atoms with Crippen molar-refractivity contribution in [2.45, 2.75) is 11.8 Å². The SMILES string of the molecule is N#C[C@@]12C(N)=NC3(OCCO3)[C@]1(C#N)[C@H]2c1ccc(Br)cc1. The van der Waals surface area contributed by atoms with Crippen LogP contribution in [-0.2, 0) is 9.47 Å². The Hall–Kier alpha value is -1.93. The molecule has 0 radical (unpaired) electrons. The number of nitrogens with zero attached hydrogens (tertiary/aromatic N) is 3. The van der Waals surface area contributed by atoms with Gasteiger partial charge in [0.2, 0.25) is 0 Å². The number of hydrogen-bond acceptors (Lipinski definition) is 6. The van der Waals surface area contributed by atoms with Crippen molar-refractivity contribution in [3.8, 4) is 12.1 Å². The first kappa shape index (κ1) is 13.7. The average Bonchev–Trinajstić information content (AvgIpc) is 2.77. The van der Waals surface area contributed by atoms with Gasteiger partial charge in [-0.25, -0.2) is 4.99 Å². The molecule has 110 valence electrons. The number of halogens is 1. The van der Waals surface area contributed by atoms with Gasteiger partial charge in [-0.2, -0.15) is 10.5 Å². The molecule has 0 aromatic heterocycles. The van der Waals surface area contributed by atoms with Crippen LogP contribution >= 0.6 is 15.9 Å². The number of nitriles is 2.